The number of para-hydroxylation sites is 1. The Hall–Kier alpha value is -3.60. The zero-order valence-electron chi connectivity index (χ0n) is 15.5. The van der Waals surface area contributed by atoms with E-state index in [1.165, 1.54) is 6.07 Å². The third-order valence-corrected chi connectivity index (χ3v) is 4.79. The molecule has 0 heterocycles. The number of aromatic hydroxyl groups is 1. The van der Waals surface area contributed by atoms with E-state index in [4.69, 9.17) is 0 Å². The number of ketones is 2. The highest BCUT2D eigenvalue weighted by Gasteiger charge is 2.35. The van der Waals surface area contributed by atoms with Gasteiger partial charge >= 0.3 is 0 Å². The summed E-state index contributed by atoms with van der Waals surface area (Å²) in [5.41, 5.74) is 2.82. The summed E-state index contributed by atoms with van der Waals surface area (Å²) in [7, 11) is 0. The number of rotatable bonds is 5. The molecule has 0 bridgehead atoms. The molecule has 3 aromatic rings. The van der Waals surface area contributed by atoms with Gasteiger partial charge < -0.3 is 15.7 Å². The maximum Gasteiger partial charge on any atom is 0.200 e. The van der Waals surface area contributed by atoms with E-state index in [2.05, 4.69) is 10.6 Å². The Kier molecular flexibility index (Phi) is 4.57. The summed E-state index contributed by atoms with van der Waals surface area (Å²) in [6.45, 7) is 2.71. The van der Waals surface area contributed by atoms with Crippen molar-refractivity contribution in [3.05, 3.63) is 82.9 Å². The summed E-state index contributed by atoms with van der Waals surface area (Å²) in [6.07, 6.45) is 0.888. The molecule has 0 unspecified atom stereocenters. The molecule has 3 aromatic carbocycles. The largest absolute Gasteiger partial charge is 0.507 e. The van der Waals surface area contributed by atoms with Crippen molar-refractivity contribution in [1.29, 1.82) is 0 Å². The van der Waals surface area contributed by atoms with E-state index in [0.29, 0.717) is 29.0 Å². The van der Waals surface area contributed by atoms with Crippen LogP contribution in [0.25, 0.3) is 0 Å². The number of carbonyl (C=O) groups excluding carboxylic acids is 2. The first-order valence-electron chi connectivity index (χ1n) is 9.26. The SMILES string of the molecule is CCCNc1cccc2c1C(=O)c1c(O)ccc(Nc3ccccc3)c1C2=O. The van der Waals surface area contributed by atoms with E-state index < -0.39 is 0 Å². The molecular weight excluding hydrogens is 352 g/mol. The van der Waals surface area contributed by atoms with Crippen molar-refractivity contribution in [2.45, 2.75) is 13.3 Å². The lowest BCUT2D eigenvalue weighted by Crippen LogP contribution is -2.24. The highest BCUT2D eigenvalue weighted by atomic mass is 16.3. The summed E-state index contributed by atoms with van der Waals surface area (Å²) in [5, 5.41) is 16.8. The van der Waals surface area contributed by atoms with Gasteiger partial charge in [0, 0.05) is 23.5 Å². The van der Waals surface area contributed by atoms with Crippen molar-refractivity contribution < 1.29 is 14.7 Å². The summed E-state index contributed by atoms with van der Waals surface area (Å²) in [5.74, 6) is -0.819. The first-order valence-corrected chi connectivity index (χ1v) is 9.26. The van der Waals surface area contributed by atoms with Gasteiger partial charge in [0.1, 0.15) is 5.75 Å². The summed E-state index contributed by atoms with van der Waals surface area (Å²) < 4.78 is 0. The number of phenols is 1. The highest BCUT2D eigenvalue weighted by molar-refractivity contribution is 6.32. The maximum atomic E-state index is 13.3. The van der Waals surface area contributed by atoms with Crippen LogP contribution in [0.4, 0.5) is 17.1 Å². The fourth-order valence-electron chi connectivity index (χ4n) is 3.49. The van der Waals surface area contributed by atoms with Crippen LogP contribution in [0.1, 0.15) is 45.2 Å². The third kappa shape index (κ3) is 2.91. The van der Waals surface area contributed by atoms with Crippen molar-refractivity contribution in [3.63, 3.8) is 0 Å². The standard InChI is InChI=1S/C23H20N2O3/c1-2-13-24-16-10-6-9-15-19(16)23(28)21-18(26)12-11-17(20(21)22(15)27)25-14-7-4-3-5-8-14/h3-12,24-26H,2,13H2,1H3. The van der Waals surface area contributed by atoms with Gasteiger partial charge in [-0.15, -0.1) is 0 Å². The Balaban J connectivity index is 1.86. The minimum Gasteiger partial charge on any atom is -0.507 e. The normalized spacial score (nSPS) is 12.3. The molecule has 4 rings (SSSR count). The van der Waals surface area contributed by atoms with E-state index in [1.807, 2.05) is 37.3 Å². The van der Waals surface area contributed by atoms with E-state index in [0.717, 1.165) is 12.1 Å². The monoisotopic (exact) mass is 372 g/mol. The van der Waals surface area contributed by atoms with Crippen LogP contribution in [0.3, 0.4) is 0 Å². The molecule has 1 aliphatic carbocycles. The van der Waals surface area contributed by atoms with Crippen LogP contribution in [0.5, 0.6) is 5.75 Å². The highest BCUT2D eigenvalue weighted by Crippen LogP contribution is 2.40. The predicted octanol–water partition coefficient (Wildman–Crippen LogP) is 4.73. The second-order valence-corrected chi connectivity index (χ2v) is 6.69. The fourth-order valence-corrected chi connectivity index (χ4v) is 3.49. The van der Waals surface area contributed by atoms with Crippen LogP contribution < -0.4 is 10.6 Å². The van der Waals surface area contributed by atoms with Crippen LogP contribution in [0.2, 0.25) is 0 Å². The van der Waals surface area contributed by atoms with Gasteiger partial charge in [-0.1, -0.05) is 37.3 Å². The minimum atomic E-state index is -0.349. The lowest BCUT2D eigenvalue weighted by atomic mass is 9.81. The van der Waals surface area contributed by atoms with Crippen molar-refractivity contribution in [2.75, 3.05) is 17.2 Å². The molecule has 0 aromatic heterocycles. The summed E-state index contributed by atoms with van der Waals surface area (Å²) in [4.78, 5) is 26.6. The number of benzene rings is 3. The molecule has 0 atom stereocenters. The molecule has 3 N–H and O–H groups in total. The van der Waals surface area contributed by atoms with E-state index in [1.54, 1.807) is 24.3 Å². The van der Waals surface area contributed by atoms with Gasteiger partial charge in [-0.25, -0.2) is 0 Å². The number of anilines is 3. The Morgan fingerprint density at radius 2 is 1.57 bits per heavy atom. The quantitative estimate of drug-likeness (QED) is 0.441. The lowest BCUT2D eigenvalue weighted by molar-refractivity contribution is 0.0978. The minimum absolute atomic E-state index is 0.0455. The molecule has 5 nitrogen and oxygen atoms in total. The van der Waals surface area contributed by atoms with E-state index >= 15 is 0 Å². The van der Waals surface area contributed by atoms with Crippen LogP contribution in [0.15, 0.2) is 60.7 Å². The number of hydrogen-bond donors (Lipinski definition) is 3. The number of hydrogen-bond acceptors (Lipinski definition) is 5. The van der Waals surface area contributed by atoms with Gasteiger partial charge in [0.05, 0.1) is 22.4 Å². The van der Waals surface area contributed by atoms with Gasteiger partial charge in [0.25, 0.3) is 0 Å². The molecule has 0 fully saturated rings. The molecule has 0 spiro atoms. The molecule has 0 saturated heterocycles. The van der Waals surface area contributed by atoms with Crippen LogP contribution in [0, 0.1) is 0 Å². The average Bonchev–Trinajstić information content (AvgIpc) is 2.72. The molecule has 0 saturated carbocycles. The molecule has 140 valence electrons. The second-order valence-electron chi connectivity index (χ2n) is 6.69. The molecule has 0 amide bonds. The Morgan fingerprint density at radius 1 is 0.786 bits per heavy atom. The first kappa shape index (κ1) is 17.8. The molecule has 28 heavy (non-hydrogen) atoms. The molecule has 1 aliphatic rings. The van der Waals surface area contributed by atoms with Gasteiger partial charge in [-0.05, 0) is 36.8 Å². The summed E-state index contributed by atoms with van der Waals surface area (Å²) >= 11 is 0. The van der Waals surface area contributed by atoms with Gasteiger partial charge in [0.15, 0.2) is 11.6 Å². The number of nitrogens with one attached hydrogen (secondary N) is 2. The number of fused-ring (bicyclic) bond motifs is 2. The number of phenolic OH excluding ortho intramolecular Hbond substituents is 1. The smallest absolute Gasteiger partial charge is 0.200 e. The van der Waals surface area contributed by atoms with Gasteiger partial charge in [0.2, 0.25) is 0 Å². The maximum absolute atomic E-state index is 13.3. The molecular formula is C23H20N2O3. The van der Waals surface area contributed by atoms with Crippen molar-refractivity contribution in [2.24, 2.45) is 0 Å². The predicted molar refractivity (Wildman–Crippen MR) is 110 cm³/mol. The molecule has 0 radical (unpaired) electrons. The van der Waals surface area contributed by atoms with Gasteiger partial charge in [-0.2, -0.15) is 0 Å². The summed E-state index contributed by atoms with van der Waals surface area (Å²) in [6, 6.07) is 17.7. The zero-order chi connectivity index (χ0) is 19.7. The Bertz CT molecular complexity index is 1070. The lowest BCUT2D eigenvalue weighted by Gasteiger charge is -2.23. The van der Waals surface area contributed by atoms with E-state index in [-0.39, 0.29) is 28.4 Å². The Morgan fingerprint density at radius 3 is 2.32 bits per heavy atom. The van der Waals surface area contributed by atoms with Crippen LogP contribution >= 0.6 is 0 Å². The number of carbonyl (C=O) groups is 2. The van der Waals surface area contributed by atoms with Crippen molar-refractivity contribution in [1.82, 2.24) is 0 Å². The first-order chi connectivity index (χ1) is 13.6. The third-order valence-electron chi connectivity index (χ3n) is 4.79. The molecule has 0 aliphatic heterocycles. The van der Waals surface area contributed by atoms with Crippen LogP contribution in [-0.2, 0) is 0 Å². The molecule has 5 heteroatoms. The average molecular weight is 372 g/mol. The zero-order valence-corrected chi connectivity index (χ0v) is 15.5. The second kappa shape index (κ2) is 7.19. The Labute approximate surface area is 163 Å². The van der Waals surface area contributed by atoms with Crippen molar-refractivity contribution in [3.8, 4) is 5.75 Å². The van der Waals surface area contributed by atoms with Crippen LogP contribution in [-0.4, -0.2) is 23.2 Å². The van der Waals surface area contributed by atoms with Crippen molar-refractivity contribution >= 4 is 28.6 Å². The topological polar surface area (TPSA) is 78.4 Å². The van der Waals surface area contributed by atoms with Gasteiger partial charge in [-0.3, -0.25) is 9.59 Å². The fraction of sp³-hybridized carbons (Fsp3) is 0.130. The van der Waals surface area contributed by atoms with E-state index in [9.17, 15) is 14.7 Å².